The predicted octanol–water partition coefficient (Wildman–Crippen LogP) is 5.05. The molecule has 1 N–H and O–H groups in total. The predicted molar refractivity (Wildman–Crippen MR) is 84.1 cm³/mol. The summed E-state index contributed by atoms with van der Waals surface area (Å²) in [6.07, 6.45) is 0. The second kappa shape index (κ2) is 5.55. The standard InChI is InChI=1S/C16H8Cl2FNO2/c17-8-1-3-10(13(18)5-8)15-7-12(16(21)22)11-6-9(19)2-4-14(11)20-15/h1-7H,(H,21,22). The minimum atomic E-state index is -1.16. The first-order valence-corrected chi connectivity index (χ1v) is 7.00. The largest absolute Gasteiger partial charge is 0.478 e. The first-order valence-electron chi connectivity index (χ1n) is 6.25. The van der Waals surface area contributed by atoms with E-state index in [2.05, 4.69) is 4.98 Å². The lowest BCUT2D eigenvalue weighted by Crippen LogP contribution is -2.01. The molecule has 110 valence electrons. The third-order valence-electron chi connectivity index (χ3n) is 3.21. The molecule has 6 heteroatoms. The summed E-state index contributed by atoms with van der Waals surface area (Å²) in [6.45, 7) is 0. The number of hydrogen-bond donors (Lipinski definition) is 1. The molecule has 22 heavy (non-hydrogen) atoms. The monoisotopic (exact) mass is 335 g/mol. The first kappa shape index (κ1) is 14.8. The van der Waals surface area contributed by atoms with Crippen LogP contribution in [0, 0.1) is 5.82 Å². The second-order valence-electron chi connectivity index (χ2n) is 4.65. The van der Waals surface area contributed by atoms with Gasteiger partial charge in [-0.05, 0) is 42.5 Å². The molecule has 2 aromatic carbocycles. The molecule has 0 aliphatic heterocycles. The number of rotatable bonds is 2. The molecular weight excluding hydrogens is 328 g/mol. The lowest BCUT2D eigenvalue weighted by molar-refractivity contribution is 0.0699. The number of benzene rings is 2. The van der Waals surface area contributed by atoms with Crippen LogP contribution in [0.15, 0.2) is 42.5 Å². The van der Waals surface area contributed by atoms with Crippen molar-refractivity contribution in [2.45, 2.75) is 0 Å². The van der Waals surface area contributed by atoms with Gasteiger partial charge in [-0.15, -0.1) is 0 Å². The van der Waals surface area contributed by atoms with Crippen molar-refractivity contribution in [3.05, 3.63) is 63.9 Å². The van der Waals surface area contributed by atoms with Crippen LogP contribution in [0.3, 0.4) is 0 Å². The van der Waals surface area contributed by atoms with Crippen molar-refractivity contribution in [1.29, 1.82) is 0 Å². The molecule has 1 heterocycles. The summed E-state index contributed by atoms with van der Waals surface area (Å²) in [4.78, 5) is 15.8. The average molecular weight is 336 g/mol. The Bertz CT molecular complexity index is 912. The van der Waals surface area contributed by atoms with Crippen molar-refractivity contribution < 1.29 is 14.3 Å². The highest BCUT2D eigenvalue weighted by Gasteiger charge is 2.15. The molecule has 0 bridgehead atoms. The highest BCUT2D eigenvalue weighted by Crippen LogP contribution is 2.32. The van der Waals surface area contributed by atoms with Gasteiger partial charge in [-0.25, -0.2) is 14.2 Å². The summed E-state index contributed by atoms with van der Waals surface area (Å²) in [7, 11) is 0. The molecule has 3 rings (SSSR count). The molecule has 0 radical (unpaired) electrons. The van der Waals surface area contributed by atoms with Gasteiger partial charge < -0.3 is 5.11 Å². The zero-order valence-electron chi connectivity index (χ0n) is 11.0. The molecule has 0 unspecified atom stereocenters. The van der Waals surface area contributed by atoms with Gasteiger partial charge in [0.2, 0.25) is 0 Å². The van der Waals surface area contributed by atoms with Crippen LogP contribution in [0.1, 0.15) is 10.4 Å². The number of pyridine rings is 1. The summed E-state index contributed by atoms with van der Waals surface area (Å²) < 4.78 is 13.4. The van der Waals surface area contributed by atoms with E-state index in [1.807, 2.05) is 0 Å². The van der Waals surface area contributed by atoms with Crippen LogP contribution in [-0.2, 0) is 0 Å². The molecule has 0 spiro atoms. The van der Waals surface area contributed by atoms with Gasteiger partial charge >= 0.3 is 5.97 Å². The Morgan fingerprint density at radius 2 is 1.86 bits per heavy atom. The number of carboxylic acids is 1. The van der Waals surface area contributed by atoms with E-state index in [9.17, 15) is 14.3 Å². The van der Waals surface area contributed by atoms with Gasteiger partial charge in [-0.2, -0.15) is 0 Å². The summed E-state index contributed by atoms with van der Waals surface area (Å²) in [5.74, 6) is -1.68. The highest BCUT2D eigenvalue weighted by molar-refractivity contribution is 6.36. The molecule has 3 nitrogen and oxygen atoms in total. The first-order chi connectivity index (χ1) is 10.5. The maximum Gasteiger partial charge on any atom is 0.336 e. The van der Waals surface area contributed by atoms with E-state index >= 15 is 0 Å². The van der Waals surface area contributed by atoms with Crippen LogP contribution < -0.4 is 0 Å². The van der Waals surface area contributed by atoms with E-state index in [1.165, 1.54) is 18.2 Å². The minimum absolute atomic E-state index is 0.0366. The van der Waals surface area contributed by atoms with Gasteiger partial charge in [-0.1, -0.05) is 23.2 Å². The summed E-state index contributed by atoms with van der Waals surface area (Å²) in [5, 5.41) is 10.4. The van der Waals surface area contributed by atoms with Crippen molar-refractivity contribution in [2.75, 3.05) is 0 Å². The number of carboxylic acid groups (broad SMARTS) is 1. The van der Waals surface area contributed by atoms with Crippen LogP contribution in [0.4, 0.5) is 4.39 Å². The molecule has 0 fully saturated rings. The van der Waals surface area contributed by atoms with Crippen molar-refractivity contribution in [1.82, 2.24) is 4.98 Å². The molecule has 0 aliphatic carbocycles. The van der Waals surface area contributed by atoms with Crippen LogP contribution >= 0.6 is 23.2 Å². The number of aromatic carboxylic acids is 1. The second-order valence-corrected chi connectivity index (χ2v) is 5.49. The van der Waals surface area contributed by atoms with E-state index < -0.39 is 11.8 Å². The van der Waals surface area contributed by atoms with E-state index in [0.717, 1.165) is 6.07 Å². The van der Waals surface area contributed by atoms with Gasteiger partial charge in [0.25, 0.3) is 0 Å². The normalized spacial score (nSPS) is 10.9. The topological polar surface area (TPSA) is 50.2 Å². The third kappa shape index (κ3) is 2.63. The zero-order valence-corrected chi connectivity index (χ0v) is 12.5. The Morgan fingerprint density at radius 3 is 2.55 bits per heavy atom. The van der Waals surface area contributed by atoms with E-state index in [4.69, 9.17) is 23.2 Å². The number of fused-ring (bicyclic) bond motifs is 1. The van der Waals surface area contributed by atoms with Crippen LogP contribution in [-0.4, -0.2) is 16.1 Å². The fourth-order valence-electron chi connectivity index (χ4n) is 2.21. The molecule has 0 amide bonds. The Hall–Kier alpha value is -2.17. The van der Waals surface area contributed by atoms with Crippen molar-refractivity contribution in [2.24, 2.45) is 0 Å². The van der Waals surface area contributed by atoms with Gasteiger partial charge in [0, 0.05) is 16.0 Å². The molecule has 3 aromatic rings. The minimum Gasteiger partial charge on any atom is -0.478 e. The fraction of sp³-hybridized carbons (Fsp3) is 0. The van der Waals surface area contributed by atoms with Crippen LogP contribution in [0.25, 0.3) is 22.2 Å². The fourth-order valence-corrected chi connectivity index (χ4v) is 2.72. The SMILES string of the molecule is O=C(O)c1cc(-c2ccc(Cl)cc2Cl)nc2ccc(F)cc12. The van der Waals surface area contributed by atoms with Gasteiger partial charge in [0.15, 0.2) is 0 Å². The number of nitrogens with zero attached hydrogens (tertiary/aromatic N) is 1. The Labute approximate surface area is 134 Å². The number of aromatic nitrogens is 1. The summed E-state index contributed by atoms with van der Waals surface area (Å²) >= 11 is 12.0. The maximum atomic E-state index is 13.4. The number of halogens is 3. The molecule has 0 saturated carbocycles. The molecule has 1 aromatic heterocycles. The third-order valence-corrected chi connectivity index (χ3v) is 3.76. The van der Waals surface area contributed by atoms with Gasteiger partial charge in [-0.3, -0.25) is 0 Å². The lowest BCUT2D eigenvalue weighted by atomic mass is 10.0. The average Bonchev–Trinajstić information content (AvgIpc) is 2.46. The molecular formula is C16H8Cl2FNO2. The van der Waals surface area contributed by atoms with Crippen molar-refractivity contribution >= 4 is 40.1 Å². The Balaban J connectivity index is 2.32. The van der Waals surface area contributed by atoms with Gasteiger partial charge in [0.05, 0.1) is 21.8 Å². The van der Waals surface area contributed by atoms with Crippen molar-refractivity contribution in [3.8, 4) is 11.3 Å². The van der Waals surface area contributed by atoms with E-state index in [0.29, 0.717) is 26.8 Å². The van der Waals surface area contributed by atoms with Crippen LogP contribution in [0.5, 0.6) is 0 Å². The highest BCUT2D eigenvalue weighted by atomic mass is 35.5. The smallest absolute Gasteiger partial charge is 0.336 e. The molecule has 0 atom stereocenters. The molecule has 0 aliphatic rings. The molecule has 0 saturated heterocycles. The number of hydrogen-bond acceptors (Lipinski definition) is 2. The summed E-state index contributed by atoms with van der Waals surface area (Å²) in [6, 6.07) is 10.0. The maximum absolute atomic E-state index is 13.4. The van der Waals surface area contributed by atoms with Gasteiger partial charge in [0.1, 0.15) is 5.82 Å². The zero-order chi connectivity index (χ0) is 15.9. The Kier molecular flexibility index (Phi) is 3.72. The van der Waals surface area contributed by atoms with E-state index in [-0.39, 0.29) is 10.9 Å². The Morgan fingerprint density at radius 1 is 1.09 bits per heavy atom. The summed E-state index contributed by atoms with van der Waals surface area (Å²) in [5.41, 5.74) is 1.28. The van der Waals surface area contributed by atoms with Crippen LogP contribution in [0.2, 0.25) is 10.0 Å². The van der Waals surface area contributed by atoms with E-state index in [1.54, 1.807) is 18.2 Å². The van der Waals surface area contributed by atoms with Crippen molar-refractivity contribution in [3.63, 3.8) is 0 Å². The quantitative estimate of drug-likeness (QED) is 0.713. The number of carbonyl (C=O) groups is 1. The lowest BCUT2D eigenvalue weighted by Gasteiger charge is -2.09.